The Morgan fingerprint density at radius 1 is 1.29 bits per heavy atom. The topological polar surface area (TPSA) is 83.5 Å². The van der Waals surface area contributed by atoms with Crippen LogP contribution < -0.4 is 5.32 Å². The second kappa shape index (κ2) is 11.4. The van der Waals surface area contributed by atoms with Gasteiger partial charge in [0.1, 0.15) is 5.82 Å². The number of aliphatic imine (C=N–C) groups is 1. The highest BCUT2D eigenvalue weighted by Crippen LogP contribution is 2.45. The molecule has 8 nitrogen and oxygen atoms in total. The van der Waals surface area contributed by atoms with Gasteiger partial charge in [-0.05, 0) is 32.2 Å². The Morgan fingerprint density at radius 3 is 2.74 bits per heavy atom. The molecule has 0 radical (unpaired) electrons. The first kappa shape index (κ1) is 25.4. The van der Waals surface area contributed by atoms with Gasteiger partial charge in [0.05, 0.1) is 43.1 Å². The van der Waals surface area contributed by atoms with Crippen LogP contribution in [0.25, 0.3) is 0 Å². The van der Waals surface area contributed by atoms with E-state index in [1.165, 1.54) is 17.8 Å². The van der Waals surface area contributed by atoms with Crippen LogP contribution in [0.3, 0.4) is 0 Å². The molecule has 1 amide bonds. The number of fused-ring (bicyclic) bond motifs is 1. The highest BCUT2D eigenvalue weighted by molar-refractivity contribution is 8.16. The first-order valence-corrected chi connectivity index (χ1v) is 12.7. The molecule has 0 spiro atoms. The van der Waals surface area contributed by atoms with Crippen LogP contribution in [0.4, 0.5) is 4.39 Å². The molecule has 3 heterocycles. The van der Waals surface area contributed by atoms with E-state index in [0.29, 0.717) is 41.9 Å². The van der Waals surface area contributed by atoms with E-state index in [2.05, 4.69) is 15.2 Å². The van der Waals surface area contributed by atoms with Crippen molar-refractivity contribution in [3.63, 3.8) is 0 Å². The average molecular weight is 503 g/mol. The van der Waals surface area contributed by atoms with Crippen molar-refractivity contribution < 1.29 is 23.5 Å². The summed E-state index contributed by atoms with van der Waals surface area (Å²) in [5.74, 6) is -1.12. The first-order chi connectivity index (χ1) is 16.8. The lowest BCUT2D eigenvalue weighted by Gasteiger charge is -2.36. The summed E-state index contributed by atoms with van der Waals surface area (Å²) in [5.41, 5.74) is 1.74. The summed E-state index contributed by atoms with van der Waals surface area (Å²) in [6.07, 6.45) is -0.249. The Bertz CT molecular complexity index is 1070. The Labute approximate surface area is 209 Å². The molecule has 0 bridgehead atoms. The number of rotatable bonds is 8. The number of hydrogen-bond donors (Lipinski definition) is 1. The zero-order valence-corrected chi connectivity index (χ0v) is 21.1. The van der Waals surface area contributed by atoms with Gasteiger partial charge in [0.2, 0.25) is 5.91 Å². The quantitative estimate of drug-likeness (QED) is 0.547. The summed E-state index contributed by atoms with van der Waals surface area (Å²) in [6, 6.07) is 5.58. The van der Waals surface area contributed by atoms with Gasteiger partial charge in [-0.15, -0.1) is 0 Å². The second-order valence-electron chi connectivity index (χ2n) is 8.85. The van der Waals surface area contributed by atoms with Crippen molar-refractivity contribution in [2.24, 2.45) is 4.99 Å². The molecule has 10 heteroatoms. The average Bonchev–Trinajstić information content (AvgIpc) is 3.20. The van der Waals surface area contributed by atoms with E-state index in [9.17, 15) is 9.59 Å². The molecule has 1 aromatic carbocycles. The fourth-order valence-corrected chi connectivity index (χ4v) is 5.27. The fraction of sp³-hybridized carbons (Fsp3) is 0.480. The minimum atomic E-state index is -0.780. The van der Waals surface area contributed by atoms with Gasteiger partial charge in [-0.1, -0.05) is 30.0 Å². The molecule has 1 fully saturated rings. The first-order valence-electron chi connectivity index (χ1n) is 11.8. The van der Waals surface area contributed by atoms with Gasteiger partial charge < -0.3 is 19.7 Å². The highest BCUT2D eigenvalue weighted by Gasteiger charge is 2.42. The van der Waals surface area contributed by atoms with Crippen molar-refractivity contribution in [3.05, 3.63) is 58.0 Å². The number of allylic oxidation sites excluding steroid dienone is 1. The van der Waals surface area contributed by atoms with Gasteiger partial charge in [0.25, 0.3) is 0 Å². The molecule has 0 unspecified atom stereocenters. The van der Waals surface area contributed by atoms with E-state index in [4.69, 9.17) is 9.47 Å². The molecule has 3 aliphatic heterocycles. The third-order valence-electron chi connectivity index (χ3n) is 5.96. The summed E-state index contributed by atoms with van der Waals surface area (Å²) in [6.45, 7) is 9.68. The number of amides is 1. The van der Waals surface area contributed by atoms with E-state index in [1.807, 2.05) is 5.41 Å². The van der Waals surface area contributed by atoms with Gasteiger partial charge in [0, 0.05) is 37.4 Å². The van der Waals surface area contributed by atoms with Gasteiger partial charge in [-0.2, -0.15) is 0 Å². The third kappa shape index (κ3) is 5.94. The number of carbonyl (C=O) groups is 2. The summed E-state index contributed by atoms with van der Waals surface area (Å²) >= 11 is 1.36. The van der Waals surface area contributed by atoms with E-state index >= 15 is 4.39 Å². The molecule has 35 heavy (non-hydrogen) atoms. The van der Waals surface area contributed by atoms with Crippen molar-refractivity contribution in [2.45, 2.75) is 39.3 Å². The largest absolute Gasteiger partial charge is 0.459 e. The number of nitrogens with zero attached hydrogens (tertiary/aromatic N) is 3. The SMILES string of the molecule is CC1=C(C(=O)OC(C)C)[C@@H](c2ccccc2F)N2C(CC(=O)NCCN3CCOCC3)=CSC2=N1. The lowest BCUT2D eigenvalue weighted by molar-refractivity contribution is -0.143. The number of nitrogens with one attached hydrogen (secondary N) is 1. The van der Waals surface area contributed by atoms with Gasteiger partial charge >= 0.3 is 5.97 Å². The number of ether oxygens (including phenoxy) is 2. The number of thioether (sulfide) groups is 1. The van der Waals surface area contributed by atoms with Crippen LogP contribution in [0, 0.1) is 5.82 Å². The van der Waals surface area contributed by atoms with Gasteiger partial charge in [-0.3, -0.25) is 9.69 Å². The molecule has 1 saturated heterocycles. The Hall–Kier alpha value is -2.69. The smallest absolute Gasteiger partial charge is 0.338 e. The monoisotopic (exact) mass is 502 g/mol. The number of halogens is 1. The normalized spacial score (nSPS) is 20.5. The van der Waals surface area contributed by atoms with Crippen molar-refractivity contribution in [1.29, 1.82) is 0 Å². The van der Waals surface area contributed by atoms with Crippen molar-refractivity contribution >= 4 is 28.8 Å². The fourth-order valence-electron chi connectivity index (χ4n) is 4.30. The number of morpholine rings is 1. The maximum Gasteiger partial charge on any atom is 0.338 e. The molecule has 188 valence electrons. The number of esters is 1. The maximum atomic E-state index is 15.0. The Balaban J connectivity index is 1.54. The number of hydrogen-bond acceptors (Lipinski definition) is 8. The van der Waals surface area contributed by atoms with E-state index in [-0.39, 0.29) is 24.0 Å². The molecule has 1 N–H and O–H groups in total. The zero-order valence-electron chi connectivity index (χ0n) is 20.3. The van der Waals surface area contributed by atoms with Crippen LogP contribution in [0.1, 0.15) is 38.8 Å². The van der Waals surface area contributed by atoms with Crippen LogP contribution in [0.5, 0.6) is 0 Å². The minimum Gasteiger partial charge on any atom is -0.459 e. The lowest BCUT2D eigenvalue weighted by Crippen LogP contribution is -2.42. The Kier molecular flexibility index (Phi) is 8.25. The molecular formula is C25H31FN4O4S. The van der Waals surface area contributed by atoms with E-state index < -0.39 is 17.8 Å². The molecule has 1 atom stereocenters. The van der Waals surface area contributed by atoms with Crippen LogP contribution in [-0.4, -0.2) is 72.3 Å². The van der Waals surface area contributed by atoms with E-state index in [1.54, 1.807) is 43.9 Å². The Morgan fingerprint density at radius 2 is 2.03 bits per heavy atom. The van der Waals surface area contributed by atoms with Gasteiger partial charge in [-0.25, -0.2) is 14.2 Å². The standard InChI is InChI=1S/C25H31FN4O4S/c1-16(2)34-24(32)22-17(3)28-25-30(23(22)19-6-4-5-7-20(19)26)18(15-35-25)14-21(31)27-8-9-29-10-12-33-13-11-29/h4-7,15-16,23H,8-14H2,1-3H3,(H,27,31)/t23-/m1/s1. The highest BCUT2D eigenvalue weighted by atomic mass is 32.2. The molecule has 0 aromatic heterocycles. The summed E-state index contributed by atoms with van der Waals surface area (Å²) in [7, 11) is 0. The molecule has 3 aliphatic rings. The number of carbonyl (C=O) groups excluding carboxylic acids is 2. The molecule has 4 rings (SSSR count). The maximum absolute atomic E-state index is 15.0. The van der Waals surface area contributed by atoms with Crippen LogP contribution in [0.2, 0.25) is 0 Å². The lowest BCUT2D eigenvalue weighted by atomic mass is 9.93. The van der Waals surface area contributed by atoms with Crippen molar-refractivity contribution in [2.75, 3.05) is 39.4 Å². The van der Waals surface area contributed by atoms with Gasteiger partial charge in [0.15, 0.2) is 5.17 Å². The number of benzene rings is 1. The van der Waals surface area contributed by atoms with E-state index in [0.717, 1.165) is 19.6 Å². The summed E-state index contributed by atoms with van der Waals surface area (Å²) < 4.78 is 25.9. The van der Waals surface area contributed by atoms with Crippen molar-refractivity contribution in [1.82, 2.24) is 15.1 Å². The second-order valence-corrected chi connectivity index (χ2v) is 9.69. The van der Waals surface area contributed by atoms with Crippen LogP contribution in [-0.2, 0) is 19.1 Å². The number of amidine groups is 1. The molecular weight excluding hydrogens is 471 g/mol. The molecule has 0 aliphatic carbocycles. The van der Waals surface area contributed by atoms with Crippen LogP contribution >= 0.6 is 11.8 Å². The predicted molar refractivity (Wildman–Crippen MR) is 133 cm³/mol. The minimum absolute atomic E-state index is 0.0889. The summed E-state index contributed by atoms with van der Waals surface area (Å²) in [5, 5.41) is 5.42. The van der Waals surface area contributed by atoms with Crippen LogP contribution in [0.15, 0.2) is 51.6 Å². The summed E-state index contributed by atoms with van der Waals surface area (Å²) in [4.78, 5) is 34.5. The zero-order chi connectivity index (χ0) is 24.9. The van der Waals surface area contributed by atoms with Crippen molar-refractivity contribution in [3.8, 4) is 0 Å². The molecule has 0 saturated carbocycles. The third-order valence-corrected chi connectivity index (χ3v) is 6.85. The molecule has 1 aromatic rings. The predicted octanol–water partition coefficient (Wildman–Crippen LogP) is 3.19.